The van der Waals surface area contributed by atoms with Crippen LogP contribution < -0.4 is 20.1 Å². The van der Waals surface area contributed by atoms with Crippen molar-refractivity contribution in [3.05, 3.63) is 23.5 Å². The lowest BCUT2D eigenvalue weighted by Gasteiger charge is -2.34. The minimum atomic E-state index is -1.05. The molecule has 9 nitrogen and oxygen atoms in total. The van der Waals surface area contributed by atoms with Gasteiger partial charge in [0.2, 0.25) is 5.91 Å². The van der Waals surface area contributed by atoms with E-state index in [9.17, 15) is 29.0 Å². The van der Waals surface area contributed by atoms with E-state index in [-0.39, 0.29) is 53.5 Å². The summed E-state index contributed by atoms with van der Waals surface area (Å²) in [6.45, 7) is 5.05. The fourth-order valence-electron chi connectivity index (χ4n) is 6.24. The van der Waals surface area contributed by atoms with Crippen molar-refractivity contribution < 1.29 is 38.5 Å². The molecule has 4 unspecified atom stereocenters. The van der Waals surface area contributed by atoms with Gasteiger partial charge in [-0.05, 0) is 83.6 Å². The van der Waals surface area contributed by atoms with Gasteiger partial charge in [0.05, 0.1) is 35.7 Å². The molecule has 4 rings (SSSR count). The van der Waals surface area contributed by atoms with Gasteiger partial charge in [-0.3, -0.25) is 14.4 Å². The van der Waals surface area contributed by atoms with Crippen molar-refractivity contribution >= 4 is 17.8 Å². The van der Waals surface area contributed by atoms with Crippen molar-refractivity contribution in [1.29, 1.82) is 0 Å². The monoisotopic (exact) mass is 534 g/mol. The van der Waals surface area contributed by atoms with Gasteiger partial charge in [0, 0.05) is 18.7 Å². The lowest BCUT2D eigenvalue weighted by atomic mass is 9.75. The summed E-state index contributed by atoms with van der Waals surface area (Å²) in [5.74, 6) is -2.32. The molecular formula is C28H39FN2O7. The Morgan fingerprint density at radius 2 is 1.76 bits per heavy atom. The summed E-state index contributed by atoms with van der Waals surface area (Å²) in [5, 5.41) is 25.3. The number of aliphatic hydroxyl groups is 1. The number of carbonyl (C=O) groups excluding carboxylic acids is 2. The SMILES string of the molecule is COc1cc(F)c(OC2CCC(C)(C(=O)O)CC2)cc1C(=O)NC1C2CCC(C2)C1C(=O)NCC(C)(C)O. The van der Waals surface area contributed by atoms with Crippen molar-refractivity contribution in [2.24, 2.45) is 23.2 Å². The van der Waals surface area contributed by atoms with Crippen LogP contribution in [-0.4, -0.2) is 59.4 Å². The van der Waals surface area contributed by atoms with E-state index in [1.165, 1.54) is 13.2 Å². The summed E-state index contributed by atoms with van der Waals surface area (Å²) in [5.41, 5.74) is -1.76. The van der Waals surface area contributed by atoms with Gasteiger partial charge in [0.1, 0.15) is 5.75 Å². The number of carboxylic acid groups (broad SMARTS) is 1. The number of ether oxygens (including phenoxy) is 2. The molecule has 0 spiro atoms. The summed E-state index contributed by atoms with van der Waals surface area (Å²) in [4.78, 5) is 38.0. The third kappa shape index (κ3) is 5.90. The van der Waals surface area contributed by atoms with Crippen LogP contribution in [0.2, 0.25) is 0 Å². The van der Waals surface area contributed by atoms with E-state index in [4.69, 9.17) is 9.47 Å². The number of fused-ring (bicyclic) bond motifs is 2. The lowest BCUT2D eigenvalue weighted by Crippen LogP contribution is -2.51. The molecule has 3 aliphatic rings. The Morgan fingerprint density at radius 3 is 2.37 bits per heavy atom. The minimum Gasteiger partial charge on any atom is -0.496 e. The predicted octanol–water partition coefficient (Wildman–Crippen LogP) is 3.28. The maximum Gasteiger partial charge on any atom is 0.309 e. The summed E-state index contributed by atoms with van der Waals surface area (Å²) >= 11 is 0. The first kappa shape index (κ1) is 28.1. The molecule has 4 atom stereocenters. The van der Waals surface area contributed by atoms with Gasteiger partial charge in [-0.15, -0.1) is 0 Å². The Morgan fingerprint density at radius 1 is 1.11 bits per heavy atom. The fourth-order valence-corrected chi connectivity index (χ4v) is 6.24. The van der Waals surface area contributed by atoms with Gasteiger partial charge in [0.15, 0.2) is 11.6 Å². The molecule has 10 heteroatoms. The average molecular weight is 535 g/mol. The normalized spacial score (nSPS) is 30.5. The molecule has 3 aliphatic carbocycles. The molecule has 1 aromatic rings. The van der Waals surface area contributed by atoms with Crippen molar-refractivity contribution in [3.8, 4) is 11.5 Å². The molecule has 2 amide bonds. The summed E-state index contributed by atoms with van der Waals surface area (Å²) < 4.78 is 26.1. The molecule has 38 heavy (non-hydrogen) atoms. The van der Waals surface area contributed by atoms with Crippen LogP contribution in [0.5, 0.6) is 11.5 Å². The maximum absolute atomic E-state index is 14.9. The van der Waals surface area contributed by atoms with Crippen LogP contribution >= 0.6 is 0 Å². The number of nitrogens with one attached hydrogen (secondary N) is 2. The van der Waals surface area contributed by atoms with Crippen molar-refractivity contribution in [2.75, 3.05) is 13.7 Å². The fraction of sp³-hybridized carbons (Fsp3) is 0.679. The molecule has 210 valence electrons. The number of hydrogen-bond acceptors (Lipinski definition) is 6. The van der Waals surface area contributed by atoms with E-state index in [2.05, 4.69) is 10.6 Å². The van der Waals surface area contributed by atoms with E-state index in [0.717, 1.165) is 25.3 Å². The molecule has 2 bridgehead atoms. The number of hydrogen-bond donors (Lipinski definition) is 4. The van der Waals surface area contributed by atoms with Crippen LogP contribution in [0.1, 0.15) is 76.1 Å². The molecule has 3 saturated carbocycles. The van der Waals surface area contributed by atoms with E-state index in [1.807, 2.05) is 0 Å². The molecule has 1 aromatic carbocycles. The summed E-state index contributed by atoms with van der Waals surface area (Å²) in [6, 6.07) is 2.06. The molecule has 0 saturated heterocycles. The number of amides is 2. The van der Waals surface area contributed by atoms with Crippen LogP contribution in [0, 0.1) is 29.0 Å². The van der Waals surface area contributed by atoms with Crippen molar-refractivity contribution in [1.82, 2.24) is 10.6 Å². The van der Waals surface area contributed by atoms with Gasteiger partial charge in [0.25, 0.3) is 5.91 Å². The first-order chi connectivity index (χ1) is 17.8. The highest BCUT2D eigenvalue weighted by atomic mass is 19.1. The topological polar surface area (TPSA) is 134 Å². The third-order valence-electron chi connectivity index (χ3n) is 8.56. The van der Waals surface area contributed by atoms with Gasteiger partial charge in [-0.25, -0.2) is 4.39 Å². The molecule has 4 N–H and O–H groups in total. The number of carboxylic acids is 1. The number of carbonyl (C=O) groups is 3. The minimum absolute atomic E-state index is 0.0561. The summed E-state index contributed by atoms with van der Waals surface area (Å²) in [6.07, 6.45) is 4.06. The average Bonchev–Trinajstić information content (AvgIpc) is 3.46. The quantitative estimate of drug-likeness (QED) is 0.382. The molecule has 0 heterocycles. The summed E-state index contributed by atoms with van der Waals surface area (Å²) in [7, 11) is 1.35. The van der Waals surface area contributed by atoms with E-state index in [1.54, 1.807) is 20.8 Å². The van der Waals surface area contributed by atoms with Gasteiger partial charge in [-0.1, -0.05) is 0 Å². The van der Waals surface area contributed by atoms with Crippen LogP contribution in [0.25, 0.3) is 0 Å². The van der Waals surface area contributed by atoms with Crippen LogP contribution in [-0.2, 0) is 9.59 Å². The first-order valence-electron chi connectivity index (χ1n) is 13.4. The van der Waals surface area contributed by atoms with Crippen molar-refractivity contribution in [2.45, 2.75) is 83.5 Å². The largest absolute Gasteiger partial charge is 0.496 e. The zero-order valence-corrected chi connectivity index (χ0v) is 22.5. The smallest absolute Gasteiger partial charge is 0.309 e. The molecular weight excluding hydrogens is 495 g/mol. The zero-order valence-electron chi connectivity index (χ0n) is 22.5. The first-order valence-corrected chi connectivity index (χ1v) is 13.4. The zero-order chi connectivity index (χ0) is 27.8. The second-order valence-electron chi connectivity index (χ2n) is 12.1. The Labute approximate surface area is 222 Å². The van der Waals surface area contributed by atoms with Gasteiger partial charge in [-0.2, -0.15) is 0 Å². The standard InChI is InChI=1S/C28H39FN2O7/c1-27(2,36)14-30-25(33)22-15-5-6-16(11-15)23(22)31-24(32)18-12-21(19(29)13-20(18)37-4)38-17-7-9-28(3,10-8-17)26(34)35/h12-13,15-17,22-23,36H,5-11,14H2,1-4H3,(H,30,33)(H,31,32)(H,34,35). The highest BCUT2D eigenvalue weighted by Gasteiger charge is 2.51. The Hall–Kier alpha value is -2.88. The molecule has 0 aliphatic heterocycles. The number of methoxy groups -OCH3 is 1. The van der Waals surface area contributed by atoms with Crippen LogP contribution in [0.3, 0.4) is 0 Å². The lowest BCUT2D eigenvalue weighted by molar-refractivity contribution is -0.150. The van der Waals surface area contributed by atoms with Gasteiger partial charge < -0.3 is 30.3 Å². The van der Waals surface area contributed by atoms with Crippen LogP contribution in [0.15, 0.2) is 12.1 Å². The number of halogens is 1. The molecule has 0 radical (unpaired) electrons. The number of aliphatic carboxylic acids is 1. The van der Waals surface area contributed by atoms with E-state index < -0.39 is 34.6 Å². The Bertz CT molecular complexity index is 1080. The molecule has 0 aromatic heterocycles. The number of benzene rings is 1. The van der Waals surface area contributed by atoms with Crippen molar-refractivity contribution in [3.63, 3.8) is 0 Å². The Kier molecular flexibility index (Phi) is 7.93. The maximum atomic E-state index is 14.9. The number of rotatable bonds is 9. The van der Waals surface area contributed by atoms with Gasteiger partial charge >= 0.3 is 5.97 Å². The second kappa shape index (κ2) is 10.7. The predicted molar refractivity (Wildman–Crippen MR) is 136 cm³/mol. The highest BCUT2D eigenvalue weighted by molar-refractivity contribution is 5.98. The molecule has 3 fully saturated rings. The second-order valence-corrected chi connectivity index (χ2v) is 12.1. The Balaban J connectivity index is 1.48. The third-order valence-corrected chi connectivity index (χ3v) is 8.56. The van der Waals surface area contributed by atoms with E-state index in [0.29, 0.717) is 25.7 Å². The highest BCUT2D eigenvalue weighted by Crippen LogP contribution is 2.49. The van der Waals surface area contributed by atoms with Crippen LogP contribution in [0.4, 0.5) is 4.39 Å². The van der Waals surface area contributed by atoms with E-state index >= 15 is 0 Å².